The lowest BCUT2D eigenvalue weighted by Crippen LogP contribution is -2.31. The molecule has 1 aromatic carbocycles. The highest BCUT2D eigenvalue weighted by Crippen LogP contribution is 2.26. The van der Waals surface area contributed by atoms with Gasteiger partial charge in [-0.15, -0.1) is 0 Å². The molecule has 1 amide bonds. The summed E-state index contributed by atoms with van der Waals surface area (Å²) in [5.74, 6) is -3.63. The quantitative estimate of drug-likeness (QED) is 0.376. The van der Waals surface area contributed by atoms with E-state index in [2.05, 4.69) is 15.0 Å². The third-order valence-corrected chi connectivity index (χ3v) is 6.73. The van der Waals surface area contributed by atoms with Gasteiger partial charge in [-0.05, 0) is 24.6 Å². The summed E-state index contributed by atoms with van der Waals surface area (Å²) in [6.45, 7) is 0.947. The van der Waals surface area contributed by atoms with Crippen molar-refractivity contribution < 1.29 is 26.7 Å². The van der Waals surface area contributed by atoms with Gasteiger partial charge in [0.25, 0.3) is 10.0 Å². The van der Waals surface area contributed by atoms with Crippen LogP contribution in [0, 0.1) is 16.8 Å². The summed E-state index contributed by atoms with van der Waals surface area (Å²) in [6.07, 6.45) is 1.19. The van der Waals surface area contributed by atoms with Crippen LogP contribution >= 0.6 is 0 Å². The Morgan fingerprint density at radius 2 is 1.94 bits per heavy atom. The van der Waals surface area contributed by atoms with E-state index in [1.807, 2.05) is 0 Å². The molecule has 3 heterocycles. The van der Waals surface area contributed by atoms with Crippen molar-refractivity contribution in [2.45, 2.75) is 31.2 Å². The third kappa shape index (κ3) is 4.21. The van der Waals surface area contributed by atoms with Crippen molar-refractivity contribution in [3.63, 3.8) is 0 Å². The molecule has 0 atom stereocenters. The van der Waals surface area contributed by atoms with Crippen LogP contribution in [0.25, 0.3) is 22.1 Å². The number of aromatic nitrogens is 4. The Morgan fingerprint density at radius 1 is 1.26 bits per heavy atom. The number of H-pyrrole nitrogens is 1. The zero-order chi connectivity index (χ0) is 25.5. The van der Waals surface area contributed by atoms with Crippen LogP contribution in [0.2, 0.25) is 0 Å². The molecule has 4 aromatic rings. The number of benzene rings is 1. The van der Waals surface area contributed by atoms with E-state index in [0.717, 1.165) is 4.57 Å². The van der Waals surface area contributed by atoms with Gasteiger partial charge in [0.05, 0.1) is 35.8 Å². The zero-order valence-electron chi connectivity index (χ0n) is 18.4. The Labute approximate surface area is 196 Å². The second-order valence-corrected chi connectivity index (χ2v) is 9.26. The van der Waals surface area contributed by atoms with E-state index in [4.69, 9.17) is 4.74 Å². The smallest absolute Gasteiger partial charge is 0.326 e. The molecule has 0 fully saturated rings. The molecule has 184 valence electrons. The maximum atomic E-state index is 14.9. The number of sulfonamides is 1. The summed E-state index contributed by atoms with van der Waals surface area (Å²) in [5, 5.41) is 12.3. The standard InChI is InChI=1S/C21H18F2N5O6S/c1-3-4-18(29)28(31)35(32,33)11-7-14(22)13(15(23)8-11)10-27-19-12-5-6-17(34-2)26-20(12)24-9-16(19)25-21(27)30/h5-9H,3-4,10H2,1-2H3,(H,25,30)/q-1. The van der Waals surface area contributed by atoms with Crippen molar-refractivity contribution in [1.29, 1.82) is 0 Å². The van der Waals surface area contributed by atoms with Crippen LogP contribution in [-0.4, -0.2) is 45.4 Å². The van der Waals surface area contributed by atoms with Gasteiger partial charge in [0, 0.05) is 23.4 Å². The highest BCUT2D eigenvalue weighted by molar-refractivity contribution is 7.89. The van der Waals surface area contributed by atoms with Crippen LogP contribution in [0.5, 0.6) is 5.88 Å². The predicted octanol–water partition coefficient (Wildman–Crippen LogP) is 2.42. The van der Waals surface area contributed by atoms with Crippen molar-refractivity contribution in [2.24, 2.45) is 0 Å². The average Bonchev–Trinajstić information content (AvgIpc) is 3.15. The normalized spacial score (nSPS) is 11.8. The van der Waals surface area contributed by atoms with Crippen LogP contribution in [0.3, 0.4) is 0 Å². The fraction of sp³-hybridized carbons (Fsp3) is 0.238. The lowest BCUT2D eigenvalue weighted by atomic mass is 10.2. The molecule has 11 nitrogen and oxygen atoms in total. The number of aromatic amines is 1. The maximum absolute atomic E-state index is 14.9. The monoisotopic (exact) mass is 506 g/mol. The second-order valence-electron chi connectivity index (χ2n) is 7.50. The van der Waals surface area contributed by atoms with E-state index in [-0.39, 0.29) is 35.4 Å². The van der Waals surface area contributed by atoms with E-state index < -0.39 is 54.7 Å². The number of carbonyl (C=O) groups excluding carboxylic acids is 1. The SMILES string of the molecule is CCCC(=O)N([O-])S(=O)(=O)c1cc(F)c(Cn2c(=O)[nH]c3cnc4nc(OC)ccc4c32)c(F)c1. The molecule has 35 heavy (non-hydrogen) atoms. The number of carbonyl (C=O) groups is 1. The Balaban J connectivity index is 1.80. The number of ether oxygens (including phenoxy) is 1. The van der Waals surface area contributed by atoms with Crippen molar-refractivity contribution >= 4 is 38.0 Å². The minimum absolute atomic E-state index is 0.209. The van der Waals surface area contributed by atoms with E-state index in [1.54, 1.807) is 13.0 Å². The predicted molar refractivity (Wildman–Crippen MR) is 120 cm³/mol. The first-order valence-corrected chi connectivity index (χ1v) is 11.7. The molecule has 0 bridgehead atoms. The molecule has 0 aliphatic carbocycles. The molecular formula is C21H18F2N5O6S-. The van der Waals surface area contributed by atoms with Gasteiger partial charge in [0.15, 0.2) is 5.65 Å². The van der Waals surface area contributed by atoms with Crippen LogP contribution < -0.4 is 10.4 Å². The zero-order valence-corrected chi connectivity index (χ0v) is 19.2. The number of nitrogens with one attached hydrogen (secondary N) is 1. The number of amides is 1. The van der Waals surface area contributed by atoms with Crippen LogP contribution in [0.15, 0.2) is 40.2 Å². The maximum Gasteiger partial charge on any atom is 0.326 e. The largest absolute Gasteiger partial charge is 0.742 e. The summed E-state index contributed by atoms with van der Waals surface area (Å²) in [4.78, 5) is 34.1. The van der Waals surface area contributed by atoms with Gasteiger partial charge < -0.3 is 19.4 Å². The molecule has 14 heteroatoms. The Bertz CT molecular complexity index is 1610. The van der Waals surface area contributed by atoms with E-state index in [0.29, 0.717) is 17.5 Å². The first kappa shape index (κ1) is 24.2. The minimum atomic E-state index is -5.02. The fourth-order valence-corrected chi connectivity index (χ4v) is 4.61. The number of pyridine rings is 2. The summed E-state index contributed by atoms with van der Waals surface area (Å²) in [5.41, 5.74) is -0.557. The number of nitrogens with zero attached hydrogens (tertiary/aromatic N) is 4. The molecule has 1 N–H and O–H groups in total. The van der Waals surface area contributed by atoms with Crippen molar-refractivity contribution in [3.05, 3.63) is 63.4 Å². The number of methoxy groups -OCH3 is 1. The Kier molecular flexibility index (Phi) is 6.25. The third-order valence-electron chi connectivity index (χ3n) is 5.26. The number of fused-ring (bicyclic) bond motifs is 3. The molecule has 3 aromatic heterocycles. The molecule has 0 unspecified atom stereocenters. The highest BCUT2D eigenvalue weighted by Gasteiger charge is 2.25. The highest BCUT2D eigenvalue weighted by atomic mass is 32.2. The summed E-state index contributed by atoms with van der Waals surface area (Å²) in [6, 6.07) is 3.98. The lowest BCUT2D eigenvalue weighted by molar-refractivity contribution is -0.124. The molecule has 0 saturated heterocycles. The molecular weight excluding hydrogens is 488 g/mol. The van der Waals surface area contributed by atoms with Gasteiger partial charge in [-0.3, -0.25) is 9.36 Å². The number of hydrogen-bond acceptors (Lipinski definition) is 8. The fourth-order valence-electron chi connectivity index (χ4n) is 3.55. The average molecular weight is 506 g/mol. The Morgan fingerprint density at radius 3 is 2.57 bits per heavy atom. The van der Waals surface area contributed by atoms with Crippen molar-refractivity contribution in [3.8, 4) is 5.88 Å². The van der Waals surface area contributed by atoms with Gasteiger partial charge in [-0.25, -0.2) is 27.0 Å². The van der Waals surface area contributed by atoms with Gasteiger partial charge in [0.1, 0.15) is 11.6 Å². The minimum Gasteiger partial charge on any atom is -0.742 e. The number of halogens is 2. The second kappa shape index (κ2) is 9.03. The molecule has 0 aliphatic heterocycles. The van der Waals surface area contributed by atoms with Crippen molar-refractivity contribution in [2.75, 3.05) is 7.11 Å². The summed E-state index contributed by atoms with van der Waals surface area (Å²) >= 11 is 0. The van der Waals surface area contributed by atoms with E-state index in [1.165, 1.54) is 19.4 Å². The first-order valence-electron chi connectivity index (χ1n) is 10.2. The van der Waals surface area contributed by atoms with Gasteiger partial charge in [-0.2, -0.15) is 4.98 Å². The summed E-state index contributed by atoms with van der Waals surface area (Å²) in [7, 11) is -3.60. The number of imidazole rings is 1. The van der Waals surface area contributed by atoms with Crippen LogP contribution in [0.4, 0.5) is 8.78 Å². The molecule has 0 aliphatic rings. The number of hydroxylamine groups is 1. The van der Waals surface area contributed by atoms with E-state index >= 15 is 0 Å². The number of rotatable bonds is 7. The van der Waals surface area contributed by atoms with Gasteiger partial charge in [-0.1, -0.05) is 6.92 Å². The van der Waals surface area contributed by atoms with Crippen molar-refractivity contribution in [1.82, 2.24) is 24.0 Å². The summed E-state index contributed by atoms with van der Waals surface area (Å²) < 4.78 is 59.9. The topological polar surface area (TPSA) is 150 Å². The van der Waals surface area contributed by atoms with Crippen LogP contribution in [-0.2, 0) is 21.4 Å². The number of hydrogen-bond donors (Lipinski definition) is 1. The molecule has 0 spiro atoms. The lowest BCUT2D eigenvalue weighted by Gasteiger charge is -2.27. The first-order chi connectivity index (χ1) is 16.6. The molecule has 0 radical (unpaired) electrons. The Hall–Kier alpha value is -3.91. The molecule has 0 saturated carbocycles. The molecule has 4 rings (SSSR count). The van der Waals surface area contributed by atoms with Gasteiger partial charge >= 0.3 is 5.69 Å². The van der Waals surface area contributed by atoms with E-state index in [9.17, 15) is 32.0 Å². The van der Waals surface area contributed by atoms with Gasteiger partial charge in [0.2, 0.25) is 11.8 Å². The van der Waals surface area contributed by atoms with Crippen LogP contribution in [0.1, 0.15) is 25.3 Å².